The molecule has 1 amide bonds. The fourth-order valence-electron chi connectivity index (χ4n) is 5.20. The number of hydrogen-bond acceptors (Lipinski definition) is 6. The Hall–Kier alpha value is -3.28. The summed E-state index contributed by atoms with van der Waals surface area (Å²) in [6.45, 7) is 16.6. The number of alkyl halides is 3. The number of halogens is 3. The van der Waals surface area contributed by atoms with E-state index in [1.54, 1.807) is 13.2 Å². The second kappa shape index (κ2) is 13.2. The van der Waals surface area contributed by atoms with E-state index in [-0.39, 0.29) is 16.0 Å². The SMILES string of the molecule is COCCC1(c2cc(-c3cc(NC(=O)c4ccnc(C(F)(F)F)c4)ccc3C)cc(OCCO[Si](C)(C)C(C)(C)C)n2)CC1C. The van der Waals surface area contributed by atoms with Crippen LogP contribution >= 0.6 is 0 Å². The zero-order valence-electron chi connectivity index (χ0n) is 27.4. The lowest BCUT2D eigenvalue weighted by atomic mass is 9.91. The summed E-state index contributed by atoms with van der Waals surface area (Å²) in [5.74, 6) is 0.255. The van der Waals surface area contributed by atoms with Crippen LogP contribution in [0.3, 0.4) is 0 Å². The van der Waals surface area contributed by atoms with Crippen LogP contribution in [0.15, 0.2) is 48.7 Å². The van der Waals surface area contributed by atoms with Gasteiger partial charge in [-0.05, 0) is 90.8 Å². The van der Waals surface area contributed by atoms with Gasteiger partial charge in [0.05, 0.1) is 12.3 Å². The Balaban J connectivity index is 1.63. The summed E-state index contributed by atoms with van der Waals surface area (Å²) in [5, 5.41) is 2.83. The first kappa shape index (κ1) is 34.6. The number of nitrogens with one attached hydrogen (secondary N) is 1. The second-order valence-corrected chi connectivity index (χ2v) is 18.3. The van der Waals surface area contributed by atoms with E-state index in [2.05, 4.69) is 57.2 Å². The lowest BCUT2D eigenvalue weighted by Gasteiger charge is -2.36. The Bertz CT molecular complexity index is 1520. The van der Waals surface area contributed by atoms with Crippen LogP contribution in [-0.2, 0) is 20.8 Å². The number of anilines is 1. The highest BCUT2D eigenvalue weighted by atomic mass is 28.4. The van der Waals surface area contributed by atoms with Gasteiger partial charge in [-0.15, -0.1) is 0 Å². The molecule has 4 rings (SSSR count). The molecule has 1 fully saturated rings. The third-order valence-corrected chi connectivity index (χ3v) is 13.8. The molecule has 0 saturated heterocycles. The lowest BCUT2D eigenvalue weighted by Crippen LogP contribution is -2.41. The molecule has 2 heterocycles. The largest absolute Gasteiger partial charge is 0.475 e. The van der Waals surface area contributed by atoms with E-state index >= 15 is 0 Å². The van der Waals surface area contributed by atoms with Crippen LogP contribution < -0.4 is 10.1 Å². The van der Waals surface area contributed by atoms with Crippen LogP contribution in [0.1, 0.15) is 67.8 Å². The van der Waals surface area contributed by atoms with Gasteiger partial charge in [-0.2, -0.15) is 13.2 Å². The Morgan fingerprint density at radius 3 is 2.40 bits per heavy atom. The fraction of sp³-hybridized carbons (Fsp3) is 0.500. The van der Waals surface area contributed by atoms with Gasteiger partial charge in [-0.1, -0.05) is 33.8 Å². The number of ether oxygens (including phenoxy) is 2. The molecule has 0 bridgehead atoms. The molecular formula is C34H44F3N3O4Si. The second-order valence-electron chi connectivity index (χ2n) is 13.5. The minimum Gasteiger partial charge on any atom is -0.475 e. The van der Waals surface area contributed by atoms with Gasteiger partial charge < -0.3 is 19.2 Å². The molecule has 3 aromatic rings. The predicted molar refractivity (Wildman–Crippen MR) is 172 cm³/mol. The van der Waals surface area contributed by atoms with Crippen LogP contribution in [0.2, 0.25) is 18.1 Å². The number of rotatable bonds is 12. The third-order valence-electron chi connectivity index (χ3n) is 9.24. The van der Waals surface area contributed by atoms with E-state index in [0.717, 1.165) is 47.5 Å². The number of methoxy groups -OCH3 is 1. The van der Waals surface area contributed by atoms with Crippen LogP contribution in [0, 0.1) is 12.8 Å². The molecule has 7 nitrogen and oxygen atoms in total. The molecule has 11 heteroatoms. The molecule has 45 heavy (non-hydrogen) atoms. The molecule has 2 unspecified atom stereocenters. The maximum absolute atomic E-state index is 13.2. The molecular weight excluding hydrogens is 599 g/mol. The normalized spacial score (nSPS) is 18.5. The number of nitrogens with zero attached hydrogens (tertiary/aromatic N) is 2. The van der Waals surface area contributed by atoms with Gasteiger partial charge >= 0.3 is 6.18 Å². The average molecular weight is 644 g/mol. The topological polar surface area (TPSA) is 82.6 Å². The summed E-state index contributed by atoms with van der Waals surface area (Å²) in [7, 11) is -0.239. The molecule has 2 atom stereocenters. The van der Waals surface area contributed by atoms with E-state index in [1.165, 1.54) is 6.07 Å². The zero-order chi connectivity index (χ0) is 33.2. The minimum absolute atomic E-state index is 0.0875. The monoisotopic (exact) mass is 643 g/mol. The van der Waals surface area contributed by atoms with Crippen molar-refractivity contribution >= 4 is 19.9 Å². The molecule has 1 aliphatic carbocycles. The van der Waals surface area contributed by atoms with E-state index in [0.29, 0.717) is 37.3 Å². The molecule has 0 aliphatic heterocycles. The minimum atomic E-state index is -4.65. The molecule has 244 valence electrons. The van der Waals surface area contributed by atoms with Crippen LogP contribution in [0.25, 0.3) is 11.1 Å². The van der Waals surface area contributed by atoms with Gasteiger partial charge in [-0.25, -0.2) is 4.98 Å². The van der Waals surface area contributed by atoms with Crippen molar-refractivity contribution in [3.8, 4) is 17.0 Å². The molecule has 0 radical (unpaired) electrons. The standard InChI is InChI=1S/C34H44F3N3O4Si/c1-22-9-10-26(39-31(41)24-11-13-38-29(17-24)34(35,36)37)20-27(22)25-18-28(33(12-14-42-6)21-23(33)2)40-30(19-25)43-15-16-44-45(7,8)32(3,4)5/h9-11,13,17-20,23H,12,14-16,21H2,1-8H3,(H,39,41). The zero-order valence-corrected chi connectivity index (χ0v) is 28.4. The third kappa shape index (κ3) is 8.12. The van der Waals surface area contributed by atoms with Crippen molar-refractivity contribution in [2.45, 2.75) is 77.2 Å². The summed E-state index contributed by atoms with van der Waals surface area (Å²) in [6.07, 6.45) is -1.85. The summed E-state index contributed by atoms with van der Waals surface area (Å²) >= 11 is 0. The fourth-order valence-corrected chi connectivity index (χ4v) is 6.22. The van der Waals surface area contributed by atoms with Gasteiger partial charge in [0, 0.05) is 42.6 Å². The van der Waals surface area contributed by atoms with Crippen molar-refractivity contribution in [1.29, 1.82) is 0 Å². The number of aromatic nitrogens is 2. The van der Waals surface area contributed by atoms with E-state index in [9.17, 15) is 18.0 Å². The van der Waals surface area contributed by atoms with Crippen molar-refractivity contribution in [2.75, 3.05) is 32.2 Å². The summed E-state index contributed by atoms with van der Waals surface area (Å²) < 4.78 is 57.4. The number of carbonyl (C=O) groups is 1. The molecule has 2 aromatic heterocycles. The summed E-state index contributed by atoms with van der Waals surface area (Å²) in [5.41, 5.74) is 2.66. The van der Waals surface area contributed by atoms with Crippen molar-refractivity contribution < 1.29 is 31.9 Å². The number of benzene rings is 1. The number of aryl methyl sites for hydroxylation is 1. The number of hydrogen-bond donors (Lipinski definition) is 1. The van der Waals surface area contributed by atoms with Gasteiger partial charge in [-0.3, -0.25) is 9.78 Å². The van der Waals surface area contributed by atoms with Gasteiger partial charge in [0.1, 0.15) is 12.3 Å². The number of carbonyl (C=O) groups excluding carboxylic acids is 1. The van der Waals surface area contributed by atoms with Crippen LogP contribution in [0.4, 0.5) is 18.9 Å². The molecule has 1 N–H and O–H groups in total. The molecule has 0 spiro atoms. The first-order valence-corrected chi connectivity index (χ1v) is 18.1. The van der Waals surface area contributed by atoms with Crippen molar-refractivity contribution in [1.82, 2.24) is 9.97 Å². The Labute approximate surface area is 265 Å². The molecule has 1 saturated carbocycles. The number of pyridine rings is 2. The Kier molecular flexibility index (Phi) is 10.2. The van der Waals surface area contributed by atoms with Gasteiger partial charge in [0.25, 0.3) is 5.91 Å². The average Bonchev–Trinajstić information content (AvgIpc) is 3.64. The van der Waals surface area contributed by atoms with Crippen LogP contribution in [-0.4, -0.2) is 51.1 Å². The predicted octanol–water partition coefficient (Wildman–Crippen LogP) is 8.44. The lowest BCUT2D eigenvalue weighted by molar-refractivity contribution is -0.141. The van der Waals surface area contributed by atoms with E-state index in [4.69, 9.17) is 18.9 Å². The smallest absolute Gasteiger partial charge is 0.433 e. The highest BCUT2D eigenvalue weighted by Crippen LogP contribution is 2.56. The Morgan fingerprint density at radius 2 is 1.78 bits per heavy atom. The maximum atomic E-state index is 13.2. The first-order valence-electron chi connectivity index (χ1n) is 15.2. The van der Waals surface area contributed by atoms with Gasteiger partial charge in [0.15, 0.2) is 8.32 Å². The highest BCUT2D eigenvalue weighted by molar-refractivity contribution is 6.74. The Morgan fingerprint density at radius 1 is 1.07 bits per heavy atom. The van der Waals surface area contributed by atoms with Crippen molar-refractivity contribution in [3.63, 3.8) is 0 Å². The maximum Gasteiger partial charge on any atom is 0.433 e. The van der Waals surface area contributed by atoms with Crippen molar-refractivity contribution in [2.24, 2.45) is 5.92 Å². The molecule has 1 aliphatic rings. The van der Waals surface area contributed by atoms with E-state index < -0.39 is 26.1 Å². The van der Waals surface area contributed by atoms with E-state index in [1.807, 2.05) is 25.1 Å². The summed E-state index contributed by atoms with van der Waals surface area (Å²) in [6, 6.07) is 11.4. The first-order chi connectivity index (χ1) is 21.0. The van der Waals surface area contributed by atoms with Gasteiger partial charge in [0.2, 0.25) is 5.88 Å². The quantitative estimate of drug-likeness (QED) is 0.158. The highest BCUT2D eigenvalue weighted by Gasteiger charge is 2.53. The van der Waals surface area contributed by atoms with Crippen molar-refractivity contribution in [3.05, 3.63) is 71.2 Å². The number of amides is 1. The molecule has 1 aromatic carbocycles. The summed E-state index contributed by atoms with van der Waals surface area (Å²) in [4.78, 5) is 21.2. The van der Waals surface area contributed by atoms with Crippen LogP contribution in [0.5, 0.6) is 5.88 Å².